The van der Waals surface area contributed by atoms with E-state index in [-0.39, 0.29) is 30.4 Å². The summed E-state index contributed by atoms with van der Waals surface area (Å²) in [6, 6.07) is 10.1. The molecule has 4 nitrogen and oxygen atoms in total. The summed E-state index contributed by atoms with van der Waals surface area (Å²) in [5.41, 5.74) is 2.14. The Morgan fingerprint density at radius 3 is 2.23 bits per heavy atom. The molecule has 0 aliphatic heterocycles. The first kappa shape index (κ1) is 19.3. The first-order chi connectivity index (χ1) is 12.4. The normalized spacial score (nSPS) is 11.2. The van der Waals surface area contributed by atoms with Crippen molar-refractivity contribution < 1.29 is 18.4 Å². The molecule has 0 aromatic heterocycles. The highest BCUT2D eigenvalue weighted by Gasteiger charge is 2.07. The molecule has 0 saturated carbocycles. The monoisotopic (exact) mass is 358 g/mol. The van der Waals surface area contributed by atoms with E-state index in [0.29, 0.717) is 11.1 Å². The van der Waals surface area contributed by atoms with Gasteiger partial charge in [-0.15, -0.1) is 0 Å². The van der Waals surface area contributed by atoms with Gasteiger partial charge < -0.3 is 10.6 Å². The number of rotatable bonds is 6. The molecule has 2 aromatic carbocycles. The minimum atomic E-state index is -0.438. The van der Waals surface area contributed by atoms with Gasteiger partial charge in [-0.3, -0.25) is 9.59 Å². The van der Waals surface area contributed by atoms with Gasteiger partial charge in [0.25, 0.3) is 5.91 Å². The van der Waals surface area contributed by atoms with Crippen LogP contribution in [-0.2, 0) is 4.79 Å². The molecule has 0 aliphatic carbocycles. The zero-order chi connectivity index (χ0) is 19.1. The minimum absolute atomic E-state index is 0.212. The molecular weight excluding hydrogens is 338 g/mol. The summed E-state index contributed by atoms with van der Waals surface area (Å²) in [7, 11) is 0. The zero-order valence-electron chi connectivity index (χ0n) is 14.6. The summed E-state index contributed by atoms with van der Waals surface area (Å²) in [5, 5.41) is 5.25. The number of hydrogen-bond donors (Lipinski definition) is 2. The fraction of sp³-hybridized carbons (Fsp3) is 0.200. The van der Waals surface area contributed by atoms with Crippen molar-refractivity contribution >= 4 is 17.4 Å². The minimum Gasteiger partial charge on any atom is -0.351 e. The summed E-state index contributed by atoms with van der Waals surface area (Å²) in [5.74, 6) is -1.50. The Labute approximate surface area is 150 Å². The molecule has 2 aromatic rings. The largest absolute Gasteiger partial charge is 0.351 e. The summed E-state index contributed by atoms with van der Waals surface area (Å²) >= 11 is 0. The van der Waals surface area contributed by atoms with E-state index in [4.69, 9.17) is 0 Å². The highest BCUT2D eigenvalue weighted by Crippen LogP contribution is 2.13. The van der Waals surface area contributed by atoms with Gasteiger partial charge >= 0.3 is 0 Å². The van der Waals surface area contributed by atoms with Gasteiger partial charge in [0, 0.05) is 24.7 Å². The summed E-state index contributed by atoms with van der Waals surface area (Å²) in [6.45, 7) is 3.81. The third-order valence-electron chi connectivity index (χ3n) is 3.79. The third kappa shape index (κ3) is 5.51. The molecule has 0 spiro atoms. The van der Waals surface area contributed by atoms with Crippen LogP contribution in [-0.4, -0.2) is 24.9 Å². The molecule has 26 heavy (non-hydrogen) atoms. The summed E-state index contributed by atoms with van der Waals surface area (Å²) in [4.78, 5) is 23.8. The van der Waals surface area contributed by atoms with Crippen LogP contribution >= 0.6 is 0 Å². The predicted octanol–water partition coefficient (Wildman–Crippen LogP) is 3.22. The fourth-order valence-electron chi connectivity index (χ4n) is 2.24. The van der Waals surface area contributed by atoms with Gasteiger partial charge in [-0.1, -0.05) is 18.2 Å². The molecule has 0 heterocycles. The van der Waals surface area contributed by atoms with Crippen molar-refractivity contribution in [3.05, 3.63) is 76.9 Å². The van der Waals surface area contributed by atoms with Gasteiger partial charge in [0.2, 0.25) is 5.91 Å². The van der Waals surface area contributed by atoms with Crippen LogP contribution in [0.25, 0.3) is 5.57 Å². The standard InChI is InChI=1S/C20H20F2N2O2/c1-13-3-4-16(12-18(13)22)20(26)24-10-9-23-19(25)11-14(2)15-5-7-17(21)8-6-15/h3-8,11-12H,9-10H2,1-2H3,(H,23,25)(H,24,26)/b14-11-. The Kier molecular flexibility index (Phi) is 6.60. The first-order valence-electron chi connectivity index (χ1n) is 8.13. The maximum Gasteiger partial charge on any atom is 0.251 e. The van der Waals surface area contributed by atoms with Crippen molar-refractivity contribution in [1.29, 1.82) is 0 Å². The summed E-state index contributed by atoms with van der Waals surface area (Å²) < 4.78 is 26.3. The van der Waals surface area contributed by atoms with Gasteiger partial charge in [-0.2, -0.15) is 0 Å². The lowest BCUT2D eigenvalue weighted by atomic mass is 10.1. The predicted molar refractivity (Wildman–Crippen MR) is 96.5 cm³/mol. The van der Waals surface area contributed by atoms with E-state index in [9.17, 15) is 18.4 Å². The van der Waals surface area contributed by atoms with Crippen molar-refractivity contribution in [3.63, 3.8) is 0 Å². The van der Waals surface area contributed by atoms with Crippen LogP contribution in [0.1, 0.15) is 28.4 Å². The second kappa shape index (κ2) is 8.89. The topological polar surface area (TPSA) is 58.2 Å². The van der Waals surface area contributed by atoms with E-state index in [1.165, 1.54) is 30.3 Å². The van der Waals surface area contributed by atoms with E-state index in [2.05, 4.69) is 10.6 Å². The molecule has 0 radical (unpaired) electrons. The number of benzene rings is 2. The molecular formula is C20H20F2N2O2. The van der Waals surface area contributed by atoms with Crippen molar-refractivity contribution in [3.8, 4) is 0 Å². The van der Waals surface area contributed by atoms with Gasteiger partial charge in [0.1, 0.15) is 11.6 Å². The molecule has 0 unspecified atom stereocenters. The highest BCUT2D eigenvalue weighted by atomic mass is 19.1. The SMILES string of the molecule is C/C(=C/C(=O)NCCNC(=O)c1ccc(C)c(F)c1)c1ccc(F)cc1. The molecule has 2 amide bonds. The number of nitrogens with one attached hydrogen (secondary N) is 2. The van der Waals surface area contributed by atoms with Crippen LogP contribution in [0.2, 0.25) is 0 Å². The van der Waals surface area contributed by atoms with Crippen LogP contribution < -0.4 is 10.6 Å². The van der Waals surface area contributed by atoms with Crippen LogP contribution in [0.15, 0.2) is 48.5 Å². The molecule has 0 bridgehead atoms. The number of hydrogen-bond acceptors (Lipinski definition) is 2. The molecule has 0 saturated heterocycles. The van der Waals surface area contributed by atoms with Gasteiger partial charge in [0.15, 0.2) is 0 Å². The summed E-state index contributed by atoms with van der Waals surface area (Å²) in [6.07, 6.45) is 1.41. The smallest absolute Gasteiger partial charge is 0.251 e. The zero-order valence-corrected chi connectivity index (χ0v) is 14.6. The van der Waals surface area contributed by atoms with E-state index < -0.39 is 11.7 Å². The van der Waals surface area contributed by atoms with E-state index in [1.54, 1.807) is 32.0 Å². The van der Waals surface area contributed by atoms with Crippen LogP contribution in [0, 0.1) is 18.6 Å². The first-order valence-corrected chi connectivity index (χ1v) is 8.13. The lowest BCUT2D eigenvalue weighted by molar-refractivity contribution is -0.116. The highest BCUT2D eigenvalue weighted by molar-refractivity contribution is 5.95. The number of carbonyl (C=O) groups is 2. The Bertz CT molecular complexity index is 830. The molecule has 6 heteroatoms. The fourth-order valence-corrected chi connectivity index (χ4v) is 2.24. The van der Waals surface area contributed by atoms with Gasteiger partial charge in [-0.05, 0) is 54.8 Å². The Balaban J connectivity index is 1.79. The quantitative estimate of drug-likeness (QED) is 0.615. The molecule has 0 aliphatic rings. The van der Waals surface area contributed by atoms with Crippen molar-refractivity contribution in [1.82, 2.24) is 10.6 Å². The van der Waals surface area contributed by atoms with Crippen molar-refractivity contribution in [2.75, 3.05) is 13.1 Å². The Hall–Kier alpha value is -3.02. The second-order valence-corrected chi connectivity index (χ2v) is 5.85. The Morgan fingerprint density at radius 2 is 1.58 bits per heavy atom. The molecule has 2 rings (SSSR count). The number of amides is 2. The van der Waals surface area contributed by atoms with Gasteiger partial charge in [-0.25, -0.2) is 8.78 Å². The maximum atomic E-state index is 13.5. The van der Waals surface area contributed by atoms with E-state index >= 15 is 0 Å². The average Bonchev–Trinajstić information content (AvgIpc) is 2.61. The van der Waals surface area contributed by atoms with Crippen molar-refractivity contribution in [2.45, 2.75) is 13.8 Å². The lowest BCUT2D eigenvalue weighted by Gasteiger charge is -2.07. The second-order valence-electron chi connectivity index (χ2n) is 5.85. The Morgan fingerprint density at radius 1 is 0.962 bits per heavy atom. The van der Waals surface area contributed by atoms with Crippen LogP contribution in [0.4, 0.5) is 8.78 Å². The van der Waals surface area contributed by atoms with Crippen LogP contribution in [0.3, 0.4) is 0 Å². The van der Waals surface area contributed by atoms with E-state index in [1.807, 2.05) is 0 Å². The van der Waals surface area contributed by atoms with Crippen LogP contribution in [0.5, 0.6) is 0 Å². The number of carbonyl (C=O) groups excluding carboxylic acids is 2. The number of allylic oxidation sites excluding steroid dienone is 1. The maximum absolute atomic E-state index is 13.5. The third-order valence-corrected chi connectivity index (χ3v) is 3.79. The van der Waals surface area contributed by atoms with Gasteiger partial charge in [0.05, 0.1) is 0 Å². The number of aryl methyl sites for hydroxylation is 1. The average molecular weight is 358 g/mol. The van der Waals surface area contributed by atoms with E-state index in [0.717, 1.165) is 5.56 Å². The molecule has 136 valence electrons. The molecule has 2 N–H and O–H groups in total. The lowest BCUT2D eigenvalue weighted by Crippen LogP contribution is -2.34. The number of halogens is 2. The molecule has 0 fully saturated rings. The van der Waals surface area contributed by atoms with Crippen molar-refractivity contribution in [2.24, 2.45) is 0 Å². The molecule has 0 atom stereocenters.